The van der Waals surface area contributed by atoms with Gasteiger partial charge in [-0.05, 0) is 30.7 Å². The molecule has 7 nitrogen and oxygen atoms in total. The van der Waals surface area contributed by atoms with Crippen molar-refractivity contribution in [1.82, 2.24) is 9.80 Å². The van der Waals surface area contributed by atoms with Crippen molar-refractivity contribution in [2.45, 2.75) is 13.3 Å². The maximum Gasteiger partial charge on any atom is 0.314 e. The van der Waals surface area contributed by atoms with Crippen molar-refractivity contribution in [2.75, 3.05) is 32.8 Å². The number of nitrogens with zero attached hydrogens (tertiary/aromatic N) is 2. The third kappa shape index (κ3) is 2.22. The summed E-state index contributed by atoms with van der Waals surface area (Å²) in [5, 5.41) is 9.77. The van der Waals surface area contributed by atoms with Crippen molar-refractivity contribution >= 4 is 17.8 Å². The van der Waals surface area contributed by atoms with Crippen LogP contribution in [0.25, 0.3) is 0 Å². The molecule has 0 unspecified atom stereocenters. The Labute approximate surface area is 145 Å². The van der Waals surface area contributed by atoms with Crippen molar-refractivity contribution < 1.29 is 24.2 Å². The lowest BCUT2D eigenvalue weighted by atomic mass is 9.81. The molecule has 2 fully saturated rings. The molecular weight excluding hydrogens is 324 g/mol. The molecule has 0 aromatic heterocycles. The highest BCUT2D eigenvalue weighted by molar-refractivity contribution is 5.98. The average Bonchev–Trinajstić information content (AvgIpc) is 3.27. The zero-order valence-corrected chi connectivity index (χ0v) is 14.0. The van der Waals surface area contributed by atoms with Gasteiger partial charge in [0.15, 0.2) is 0 Å². The Morgan fingerprint density at radius 2 is 2.16 bits per heavy atom. The molecule has 2 saturated heterocycles. The van der Waals surface area contributed by atoms with Gasteiger partial charge in [-0.3, -0.25) is 14.4 Å². The molecule has 3 aliphatic rings. The molecule has 1 aromatic carbocycles. The minimum absolute atomic E-state index is 0.0711. The summed E-state index contributed by atoms with van der Waals surface area (Å²) in [4.78, 5) is 40.4. The fourth-order valence-electron chi connectivity index (χ4n) is 4.23. The van der Waals surface area contributed by atoms with Gasteiger partial charge < -0.3 is 19.6 Å². The smallest absolute Gasteiger partial charge is 0.314 e. The van der Waals surface area contributed by atoms with E-state index in [4.69, 9.17) is 4.74 Å². The van der Waals surface area contributed by atoms with Crippen molar-refractivity contribution in [2.24, 2.45) is 11.3 Å². The molecule has 1 aromatic rings. The van der Waals surface area contributed by atoms with Crippen molar-refractivity contribution in [3.63, 3.8) is 0 Å². The number of hydrogen-bond acceptors (Lipinski definition) is 4. The molecule has 4 rings (SSSR count). The molecule has 7 heteroatoms. The SMILES string of the molecule is CCN1C[C@@]2(C(=O)O)CN(C(=O)c3ccc4c(c3)CCO4)C[C@H]2C1=O. The second kappa shape index (κ2) is 5.47. The molecule has 3 heterocycles. The van der Waals surface area contributed by atoms with Crippen LogP contribution in [0.2, 0.25) is 0 Å². The first-order chi connectivity index (χ1) is 12.0. The first-order valence-corrected chi connectivity index (χ1v) is 8.53. The Hall–Kier alpha value is -2.57. The summed E-state index contributed by atoms with van der Waals surface area (Å²) in [6.45, 7) is 3.34. The van der Waals surface area contributed by atoms with Crippen LogP contribution in [-0.4, -0.2) is 65.5 Å². The van der Waals surface area contributed by atoms with E-state index in [1.165, 1.54) is 4.90 Å². The molecule has 0 bridgehead atoms. The van der Waals surface area contributed by atoms with Crippen LogP contribution in [0.1, 0.15) is 22.8 Å². The fourth-order valence-corrected chi connectivity index (χ4v) is 4.23. The number of fused-ring (bicyclic) bond motifs is 2. The van der Waals surface area contributed by atoms with Gasteiger partial charge in [-0.15, -0.1) is 0 Å². The fraction of sp³-hybridized carbons (Fsp3) is 0.500. The van der Waals surface area contributed by atoms with E-state index in [0.717, 1.165) is 17.7 Å². The molecule has 0 saturated carbocycles. The number of ether oxygens (including phenoxy) is 1. The molecule has 3 aliphatic heterocycles. The minimum atomic E-state index is -1.19. The number of carboxylic acids is 1. The van der Waals surface area contributed by atoms with Gasteiger partial charge in [-0.1, -0.05) is 0 Å². The van der Waals surface area contributed by atoms with Gasteiger partial charge >= 0.3 is 5.97 Å². The quantitative estimate of drug-likeness (QED) is 0.869. The predicted octanol–water partition coefficient (Wildman–Crippen LogP) is 0.627. The van der Waals surface area contributed by atoms with E-state index in [1.54, 1.807) is 17.0 Å². The number of aliphatic carboxylic acids is 1. The maximum atomic E-state index is 12.9. The topological polar surface area (TPSA) is 87.2 Å². The molecule has 132 valence electrons. The van der Waals surface area contributed by atoms with Crippen molar-refractivity contribution in [3.05, 3.63) is 29.3 Å². The highest BCUT2D eigenvalue weighted by Crippen LogP contribution is 2.44. The van der Waals surface area contributed by atoms with Gasteiger partial charge in [-0.25, -0.2) is 0 Å². The van der Waals surface area contributed by atoms with Gasteiger partial charge in [0, 0.05) is 38.2 Å². The van der Waals surface area contributed by atoms with E-state index in [2.05, 4.69) is 0 Å². The lowest BCUT2D eigenvalue weighted by molar-refractivity contribution is -0.149. The van der Waals surface area contributed by atoms with Gasteiger partial charge in [0.2, 0.25) is 5.91 Å². The molecule has 0 aliphatic carbocycles. The average molecular weight is 344 g/mol. The summed E-state index contributed by atoms with van der Waals surface area (Å²) >= 11 is 0. The highest BCUT2D eigenvalue weighted by atomic mass is 16.5. The zero-order chi connectivity index (χ0) is 17.8. The van der Waals surface area contributed by atoms with Crippen LogP contribution in [0, 0.1) is 11.3 Å². The Morgan fingerprint density at radius 1 is 1.36 bits per heavy atom. The third-order valence-corrected chi connectivity index (χ3v) is 5.66. The molecule has 25 heavy (non-hydrogen) atoms. The van der Waals surface area contributed by atoms with Crippen LogP contribution in [0.5, 0.6) is 5.75 Å². The standard InChI is InChI=1S/C18H20N2O5/c1-2-19-9-18(17(23)24)10-20(8-13(18)16(19)22)15(21)12-3-4-14-11(7-12)5-6-25-14/h3-4,7,13H,2,5-6,8-10H2,1H3,(H,23,24)/t13-,18+/m0/s1. The summed E-state index contributed by atoms with van der Waals surface area (Å²) in [7, 11) is 0. The summed E-state index contributed by atoms with van der Waals surface area (Å²) in [6, 6.07) is 5.30. The number of carbonyl (C=O) groups excluding carboxylic acids is 2. The van der Waals surface area contributed by atoms with E-state index in [-0.39, 0.29) is 31.4 Å². The van der Waals surface area contributed by atoms with Crippen LogP contribution in [0.3, 0.4) is 0 Å². The first kappa shape index (κ1) is 15.9. The maximum absolute atomic E-state index is 12.9. The van der Waals surface area contributed by atoms with Gasteiger partial charge in [-0.2, -0.15) is 0 Å². The Kier molecular flexibility index (Phi) is 3.49. The molecule has 2 atom stereocenters. The van der Waals surface area contributed by atoms with Crippen molar-refractivity contribution in [3.8, 4) is 5.75 Å². The van der Waals surface area contributed by atoms with Crippen LogP contribution >= 0.6 is 0 Å². The summed E-state index contributed by atoms with van der Waals surface area (Å²) in [6.07, 6.45) is 0.766. The Balaban J connectivity index is 1.60. The monoisotopic (exact) mass is 344 g/mol. The van der Waals surface area contributed by atoms with Crippen LogP contribution in [0.4, 0.5) is 0 Å². The van der Waals surface area contributed by atoms with E-state index in [1.807, 2.05) is 13.0 Å². The number of hydrogen-bond donors (Lipinski definition) is 1. The molecule has 0 spiro atoms. The predicted molar refractivity (Wildman–Crippen MR) is 87.4 cm³/mol. The van der Waals surface area contributed by atoms with Gasteiger partial charge in [0.25, 0.3) is 5.91 Å². The number of amides is 2. The highest BCUT2D eigenvalue weighted by Gasteiger charge is 2.62. The number of carboxylic acid groups (broad SMARTS) is 1. The lowest BCUT2D eigenvalue weighted by Crippen LogP contribution is -2.42. The number of likely N-dealkylation sites (tertiary alicyclic amines) is 2. The van der Waals surface area contributed by atoms with Gasteiger partial charge in [0.05, 0.1) is 12.5 Å². The molecule has 1 N–H and O–H groups in total. The van der Waals surface area contributed by atoms with Crippen molar-refractivity contribution in [1.29, 1.82) is 0 Å². The first-order valence-electron chi connectivity index (χ1n) is 8.53. The second-order valence-electron chi connectivity index (χ2n) is 6.97. The van der Waals surface area contributed by atoms with Crippen LogP contribution in [-0.2, 0) is 16.0 Å². The Bertz CT molecular complexity index is 777. The lowest BCUT2D eigenvalue weighted by Gasteiger charge is -2.24. The van der Waals surface area contributed by atoms with Crippen LogP contribution < -0.4 is 4.74 Å². The molecular formula is C18H20N2O5. The van der Waals surface area contributed by atoms with Crippen LogP contribution in [0.15, 0.2) is 18.2 Å². The summed E-state index contributed by atoms with van der Waals surface area (Å²) in [5.74, 6) is -1.25. The number of carbonyl (C=O) groups is 3. The number of rotatable bonds is 3. The summed E-state index contributed by atoms with van der Waals surface area (Å²) < 4.78 is 5.45. The van der Waals surface area contributed by atoms with Gasteiger partial charge in [0.1, 0.15) is 11.2 Å². The third-order valence-electron chi connectivity index (χ3n) is 5.66. The molecule has 0 radical (unpaired) electrons. The van der Waals surface area contributed by atoms with E-state index in [9.17, 15) is 19.5 Å². The van der Waals surface area contributed by atoms with E-state index in [0.29, 0.717) is 18.7 Å². The largest absolute Gasteiger partial charge is 0.493 e. The minimum Gasteiger partial charge on any atom is -0.493 e. The second-order valence-corrected chi connectivity index (χ2v) is 6.97. The Morgan fingerprint density at radius 3 is 2.84 bits per heavy atom. The zero-order valence-electron chi connectivity index (χ0n) is 14.0. The normalized spacial score (nSPS) is 27.2. The van der Waals surface area contributed by atoms with E-state index >= 15 is 0 Å². The summed E-state index contributed by atoms with van der Waals surface area (Å²) in [5.41, 5.74) is 0.318. The number of benzene rings is 1. The van der Waals surface area contributed by atoms with E-state index < -0.39 is 17.3 Å². The molecule has 2 amide bonds.